The molecule has 62 heavy (non-hydrogen) atoms. The van der Waals surface area contributed by atoms with Crippen molar-refractivity contribution in [1.29, 1.82) is 0 Å². The van der Waals surface area contributed by atoms with Crippen LogP contribution in [0, 0.1) is 0 Å². The minimum absolute atomic E-state index is 0.0203. The van der Waals surface area contributed by atoms with Gasteiger partial charge < -0.3 is 20.1 Å². The topological polar surface area (TPSA) is 76.7 Å². The van der Waals surface area contributed by atoms with Crippen molar-refractivity contribution >= 4 is 65.0 Å². The standard InChI is InChI=1S/2C27H20BrNO2/c2*28-24-14-5-3-12-21(24)27-23(26(30)22-13-4-6-15-25(22)31-27)17-29-16-19-10-7-9-18-8-1-2-11-20(18)19/h2*1-15,17,27,29H,16H2/b2*23-17+/t2*27-/m00/s1. The van der Waals surface area contributed by atoms with Crippen LogP contribution >= 0.6 is 31.9 Å². The van der Waals surface area contributed by atoms with Crippen molar-refractivity contribution in [3.63, 3.8) is 0 Å². The molecule has 0 fully saturated rings. The molecule has 2 aliphatic rings. The van der Waals surface area contributed by atoms with Crippen LogP contribution in [0.25, 0.3) is 21.5 Å². The maximum atomic E-state index is 13.4. The molecule has 2 heterocycles. The number of carbonyl (C=O) groups excluding carboxylic acids is 2. The van der Waals surface area contributed by atoms with Crippen molar-refractivity contribution in [1.82, 2.24) is 10.6 Å². The molecule has 304 valence electrons. The molecule has 0 aliphatic carbocycles. The summed E-state index contributed by atoms with van der Waals surface area (Å²) in [6.45, 7) is 1.23. The van der Waals surface area contributed by atoms with Gasteiger partial charge in [-0.25, -0.2) is 0 Å². The lowest BCUT2D eigenvalue weighted by Crippen LogP contribution is -2.26. The largest absolute Gasteiger partial charge is 0.480 e. The van der Waals surface area contributed by atoms with E-state index < -0.39 is 12.2 Å². The number of nitrogens with one attached hydrogen (secondary N) is 2. The molecular weight excluding hydrogens is 900 g/mol. The zero-order valence-electron chi connectivity index (χ0n) is 33.4. The Morgan fingerprint density at radius 2 is 0.806 bits per heavy atom. The highest BCUT2D eigenvalue weighted by atomic mass is 79.9. The number of halogens is 2. The van der Waals surface area contributed by atoms with Crippen molar-refractivity contribution in [2.45, 2.75) is 25.3 Å². The number of Topliss-reactive ketones (excluding diaryl/α,β-unsaturated/α-hetero) is 2. The Morgan fingerprint density at radius 1 is 0.435 bits per heavy atom. The summed E-state index contributed by atoms with van der Waals surface area (Å²) in [4.78, 5) is 26.7. The quantitative estimate of drug-likeness (QED) is 0.148. The summed E-state index contributed by atoms with van der Waals surface area (Å²) in [6.07, 6.45) is 2.64. The molecule has 10 rings (SSSR count). The van der Waals surface area contributed by atoms with E-state index in [0.717, 1.165) is 20.1 Å². The third-order valence-electron chi connectivity index (χ3n) is 11.1. The number of para-hydroxylation sites is 2. The van der Waals surface area contributed by atoms with Gasteiger partial charge in [0.1, 0.15) is 11.5 Å². The molecule has 0 saturated carbocycles. The number of fused-ring (bicyclic) bond motifs is 4. The normalized spacial score (nSPS) is 16.7. The van der Waals surface area contributed by atoms with Crippen molar-refractivity contribution in [3.05, 3.63) is 248 Å². The molecule has 0 bridgehead atoms. The van der Waals surface area contributed by atoms with Crippen LogP contribution in [0.2, 0.25) is 0 Å². The summed E-state index contributed by atoms with van der Waals surface area (Å²) in [7, 11) is 0. The predicted molar refractivity (Wildman–Crippen MR) is 254 cm³/mol. The number of hydrogen-bond acceptors (Lipinski definition) is 6. The molecule has 2 atom stereocenters. The summed E-state index contributed by atoms with van der Waals surface area (Å²) in [5.41, 5.74) is 6.55. The first-order valence-corrected chi connectivity index (χ1v) is 21.9. The number of benzene rings is 8. The fraction of sp³-hybridized carbons (Fsp3) is 0.0741. The van der Waals surface area contributed by atoms with Gasteiger partial charge in [0.05, 0.1) is 22.3 Å². The highest BCUT2D eigenvalue weighted by Crippen LogP contribution is 2.42. The van der Waals surface area contributed by atoms with Crippen molar-refractivity contribution in [2.75, 3.05) is 0 Å². The summed E-state index contributed by atoms with van der Waals surface area (Å²) >= 11 is 7.22. The van der Waals surface area contributed by atoms with Gasteiger partial charge in [-0.05, 0) is 69.1 Å². The molecule has 0 unspecified atom stereocenters. The smallest absolute Gasteiger partial charge is 0.198 e. The number of rotatable bonds is 8. The Kier molecular flexibility index (Phi) is 12.1. The van der Waals surface area contributed by atoms with Gasteiger partial charge in [-0.2, -0.15) is 0 Å². The zero-order chi connectivity index (χ0) is 42.4. The fourth-order valence-electron chi connectivity index (χ4n) is 8.00. The van der Waals surface area contributed by atoms with Crippen LogP contribution in [-0.2, 0) is 13.1 Å². The van der Waals surface area contributed by atoms with Crippen molar-refractivity contribution in [2.24, 2.45) is 0 Å². The van der Waals surface area contributed by atoms with Crippen LogP contribution in [0.15, 0.2) is 214 Å². The number of ether oxygens (including phenoxy) is 2. The Bertz CT molecular complexity index is 2820. The first-order valence-electron chi connectivity index (χ1n) is 20.3. The second kappa shape index (κ2) is 18.5. The Morgan fingerprint density at radius 3 is 1.26 bits per heavy atom. The molecule has 8 aromatic carbocycles. The minimum Gasteiger partial charge on any atom is -0.480 e. The van der Waals surface area contributed by atoms with Gasteiger partial charge in [0.15, 0.2) is 23.8 Å². The van der Waals surface area contributed by atoms with Gasteiger partial charge in [-0.1, -0.05) is 177 Å². The number of carbonyl (C=O) groups is 2. The molecule has 0 aromatic heterocycles. The number of hydrogen-bond donors (Lipinski definition) is 2. The van der Waals surface area contributed by atoms with Gasteiger partial charge >= 0.3 is 0 Å². The summed E-state index contributed by atoms with van der Waals surface area (Å²) in [5.74, 6) is 1.18. The molecule has 2 aliphatic heterocycles. The molecule has 0 radical (unpaired) electrons. The average molecular weight is 941 g/mol. The molecule has 8 aromatic rings. The second-order valence-corrected chi connectivity index (χ2v) is 16.6. The monoisotopic (exact) mass is 938 g/mol. The maximum Gasteiger partial charge on any atom is 0.198 e. The molecule has 6 nitrogen and oxygen atoms in total. The molecule has 8 heteroatoms. The minimum atomic E-state index is -0.488. The van der Waals surface area contributed by atoms with E-state index in [-0.39, 0.29) is 11.6 Å². The van der Waals surface area contributed by atoms with E-state index in [0.29, 0.717) is 46.9 Å². The summed E-state index contributed by atoms with van der Waals surface area (Å²) in [5, 5.41) is 11.5. The average Bonchev–Trinajstić information content (AvgIpc) is 3.31. The lowest BCUT2D eigenvalue weighted by molar-refractivity contribution is 0.0950. The van der Waals surface area contributed by atoms with Gasteiger partial charge in [0.2, 0.25) is 0 Å². The molecule has 2 N–H and O–H groups in total. The highest BCUT2D eigenvalue weighted by molar-refractivity contribution is 9.10. The van der Waals surface area contributed by atoms with Gasteiger partial charge in [-0.15, -0.1) is 0 Å². The molecular formula is C54H40Br2N2O4. The SMILES string of the molecule is O=C1/C(=C\NCc2cccc3ccccc23)[C@H](c2ccccc2Br)Oc2ccccc21.O=C1/C(=C\NCc2cccc3ccccc23)[C@H](c2ccccc2Br)Oc2ccccc21. The van der Waals surface area contributed by atoms with Gasteiger partial charge in [0.25, 0.3) is 0 Å². The fourth-order valence-corrected chi connectivity index (χ4v) is 8.98. The predicted octanol–water partition coefficient (Wildman–Crippen LogP) is 13.2. The van der Waals surface area contributed by atoms with Crippen LogP contribution < -0.4 is 20.1 Å². The van der Waals surface area contributed by atoms with E-state index in [1.807, 2.05) is 134 Å². The van der Waals surface area contributed by atoms with Crippen LogP contribution in [0.1, 0.15) is 55.2 Å². The van der Waals surface area contributed by atoms with Crippen LogP contribution in [-0.4, -0.2) is 11.6 Å². The molecule has 0 spiro atoms. The third-order valence-corrected chi connectivity index (χ3v) is 12.5. The van der Waals surface area contributed by atoms with E-state index >= 15 is 0 Å². The van der Waals surface area contributed by atoms with E-state index in [1.165, 1.54) is 32.7 Å². The van der Waals surface area contributed by atoms with Crippen LogP contribution in [0.5, 0.6) is 11.5 Å². The first kappa shape index (κ1) is 40.7. The molecule has 0 amide bonds. The van der Waals surface area contributed by atoms with E-state index in [1.54, 1.807) is 0 Å². The second-order valence-electron chi connectivity index (χ2n) is 14.9. The van der Waals surface area contributed by atoms with Crippen molar-refractivity contribution in [3.8, 4) is 11.5 Å². The first-order chi connectivity index (χ1) is 30.4. The van der Waals surface area contributed by atoms with Gasteiger partial charge in [-0.3, -0.25) is 9.59 Å². The van der Waals surface area contributed by atoms with Gasteiger partial charge in [0, 0.05) is 45.6 Å². The van der Waals surface area contributed by atoms with Crippen LogP contribution in [0.4, 0.5) is 0 Å². The Balaban J connectivity index is 0.000000158. The lowest BCUT2D eigenvalue weighted by Gasteiger charge is -2.28. The number of ketones is 2. The van der Waals surface area contributed by atoms with Crippen LogP contribution in [0.3, 0.4) is 0 Å². The Hall–Kier alpha value is -6.74. The highest BCUT2D eigenvalue weighted by Gasteiger charge is 2.35. The van der Waals surface area contributed by atoms with E-state index in [2.05, 4.69) is 103 Å². The molecule has 0 saturated heterocycles. The van der Waals surface area contributed by atoms with Crippen molar-refractivity contribution < 1.29 is 19.1 Å². The van der Waals surface area contributed by atoms with E-state index in [9.17, 15) is 9.59 Å². The summed E-state index contributed by atoms with van der Waals surface area (Å²) in [6, 6.07) is 59.7. The summed E-state index contributed by atoms with van der Waals surface area (Å²) < 4.78 is 14.4. The Labute approximate surface area is 377 Å². The maximum absolute atomic E-state index is 13.4. The van der Waals surface area contributed by atoms with E-state index in [4.69, 9.17) is 9.47 Å². The zero-order valence-corrected chi connectivity index (χ0v) is 36.6. The lowest BCUT2D eigenvalue weighted by atomic mass is 9.91. The third kappa shape index (κ3) is 8.44.